The lowest BCUT2D eigenvalue weighted by molar-refractivity contribution is -0.387. The number of aromatic carboxylic acids is 1. The molecule has 0 saturated heterocycles. The molecule has 0 aliphatic heterocycles. The first kappa shape index (κ1) is 14.0. The number of rotatable bonds is 4. The number of aryl methyl sites for hydroxylation is 1. The maximum absolute atomic E-state index is 11.1. The van der Waals surface area contributed by atoms with E-state index in [1.165, 1.54) is 24.4 Å². The molecule has 7 heteroatoms. The molecule has 0 aliphatic rings. The molecule has 0 spiro atoms. The lowest BCUT2D eigenvalue weighted by atomic mass is 10.2. The van der Waals surface area contributed by atoms with Crippen LogP contribution in [-0.4, -0.2) is 21.0 Å². The zero-order valence-electron chi connectivity index (χ0n) is 10.4. The van der Waals surface area contributed by atoms with Crippen LogP contribution in [-0.2, 0) is 0 Å². The monoisotopic (exact) mass is 290 g/mol. The van der Waals surface area contributed by atoms with Crippen molar-refractivity contribution in [2.45, 2.75) is 16.8 Å². The number of aromatic nitrogens is 1. The predicted octanol–water partition coefficient (Wildman–Crippen LogP) is 3.15. The third-order valence-electron chi connectivity index (χ3n) is 2.59. The standard InChI is InChI=1S/C13H10N2O4S/c1-8-4-2-6-10(15(18)19)11(8)20-12-9(13(16)17)5-3-7-14-12/h2-7H,1H3,(H,16,17). The van der Waals surface area contributed by atoms with E-state index >= 15 is 0 Å². The van der Waals surface area contributed by atoms with Crippen LogP contribution in [0.4, 0.5) is 5.69 Å². The maximum atomic E-state index is 11.1. The van der Waals surface area contributed by atoms with Crippen LogP contribution >= 0.6 is 11.8 Å². The molecule has 2 rings (SSSR count). The first-order valence-electron chi connectivity index (χ1n) is 5.61. The highest BCUT2D eigenvalue weighted by molar-refractivity contribution is 7.99. The van der Waals surface area contributed by atoms with Gasteiger partial charge in [0.1, 0.15) is 5.03 Å². The number of nitro benzene ring substituents is 1. The second-order valence-electron chi connectivity index (χ2n) is 3.94. The van der Waals surface area contributed by atoms with E-state index in [4.69, 9.17) is 5.11 Å². The van der Waals surface area contributed by atoms with E-state index in [0.29, 0.717) is 10.5 Å². The highest BCUT2D eigenvalue weighted by Gasteiger charge is 2.20. The van der Waals surface area contributed by atoms with Crippen molar-refractivity contribution in [1.82, 2.24) is 4.98 Å². The number of nitro groups is 1. The van der Waals surface area contributed by atoms with Crippen molar-refractivity contribution in [2.75, 3.05) is 0 Å². The Balaban J connectivity index is 2.51. The van der Waals surface area contributed by atoms with Crippen molar-refractivity contribution >= 4 is 23.4 Å². The molecule has 1 aromatic heterocycles. The molecule has 6 nitrogen and oxygen atoms in total. The molecule has 0 aliphatic carbocycles. The van der Waals surface area contributed by atoms with E-state index in [2.05, 4.69) is 4.98 Å². The predicted molar refractivity (Wildman–Crippen MR) is 73.2 cm³/mol. The summed E-state index contributed by atoms with van der Waals surface area (Å²) in [5, 5.41) is 20.4. The third-order valence-corrected chi connectivity index (χ3v) is 3.84. The number of benzene rings is 1. The van der Waals surface area contributed by atoms with Crippen molar-refractivity contribution in [2.24, 2.45) is 0 Å². The second-order valence-corrected chi connectivity index (χ2v) is 4.94. The van der Waals surface area contributed by atoms with Gasteiger partial charge in [-0.1, -0.05) is 23.9 Å². The van der Waals surface area contributed by atoms with Crippen LogP contribution in [0.5, 0.6) is 0 Å². The molecule has 0 unspecified atom stereocenters. The number of carboxylic acids is 1. The van der Waals surface area contributed by atoms with Gasteiger partial charge in [0.2, 0.25) is 0 Å². The van der Waals surface area contributed by atoms with Crippen LogP contribution < -0.4 is 0 Å². The van der Waals surface area contributed by atoms with E-state index in [1.807, 2.05) is 0 Å². The summed E-state index contributed by atoms with van der Waals surface area (Å²) in [7, 11) is 0. The minimum absolute atomic E-state index is 0.0232. The van der Waals surface area contributed by atoms with Crippen molar-refractivity contribution in [1.29, 1.82) is 0 Å². The topological polar surface area (TPSA) is 93.3 Å². The Labute approximate surface area is 118 Å². The Hall–Kier alpha value is -2.41. The van der Waals surface area contributed by atoms with E-state index in [-0.39, 0.29) is 16.3 Å². The summed E-state index contributed by atoms with van der Waals surface area (Å²) in [5.41, 5.74) is 0.665. The lowest BCUT2D eigenvalue weighted by Crippen LogP contribution is -2.01. The first-order chi connectivity index (χ1) is 9.50. The summed E-state index contributed by atoms with van der Waals surface area (Å²) < 4.78 is 0. The zero-order valence-corrected chi connectivity index (χ0v) is 11.3. The number of carboxylic acid groups (broad SMARTS) is 1. The number of nitrogens with zero attached hydrogens (tertiary/aromatic N) is 2. The molecular formula is C13H10N2O4S. The maximum Gasteiger partial charge on any atom is 0.338 e. The van der Waals surface area contributed by atoms with Crippen LogP contribution in [0.25, 0.3) is 0 Å². The molecule has 0 saturated carbocycles. The summed E-state index contributed by atoms with van der Waals surface area (Å²) in [6.07, 6.45) is 1.46. The van der Waals surface area contributed by atoms with E-state index in [9.17, 15) is 14.9 Å². The normalized spacial score (nSPS) is 10.2. The molecule has 102 valence electrons. The number of pyridine rings is 1. The van der Waals surface area contributed by atoms with E-state index < -0.39 is 10.9 Å². The zero-order chi connectivity index (χ0) is 14.7. The third kappa shape index (κ3) is 2.77. The number of hydrogen-bond donors (Lipinski definition) is 1. The SMILES string of the molecule is Cc1cccc([N+](=O)[O-])c1Sc1ncccc1C(=O)O. The highest BCUT2D eigenvalue weighted by atomic mass is 32.2. The number of hydrogen-bond acceptors (Lipinski definition) is 5. The van der Waals surface area contributed by atoms with E-state index in [1.54, 1.807) is 19.1 Å². The fraction of sp³-hybridized carbons (Fsp3) is 0.0769. The Morgan fingerprint density at radius 3 is 2.75 bits per heavy atom. The van der Waals surface area contributed by atoms with Crippen molar-refractivity contribution in [3.05, 3.63) is 57.8 Å². The summed E-state index contributed by atoms with van der Waals surface area (Å²) in [6.45, 7) is 1.73. The first-order valence-corrected chi connectivity index (χ1v) is 6.42. The van der Waals surface area contributed by atoms with Gasteiger partial charge in [-0.3, -0.25) is 10.1 Å². The molecule has 0 bridgehead atoms. The summed E-state index contributed by atoms with van der Waals surface area (Å²) >= 11 is 0.991. The van der Waals surface area contributed by atoms with Crippen LogP contribution in [0.2, 0.25) is 0 Å². The molecule has 0 radical (unpaired) electrons. The lowest BCUT2D eigenvalue weighted by Gasteiger charge is -2.07. The van der Waals surface area contributed by atoms with Crippen LogP contribution in [0, 0.1) is 17.0 Å². The Kier molecular flexibility index (Phi) is 3.99. The average molecular weight is 290 g/mol. The Bertz CT molecular complexity index is 688. The van der Waals surface area contributed by atoms with Crippen LogP contribution in [0.15, 0.2) is 46.5 Å². The molecule has 0 atom stereocenters. The van der Waals surface area contributed by atoms with Gasteiger partial charge >= 0.3 is 5.97 Å². The van der Waals surface area contributed by atoms with Crippen molar-refractivity contribution in [3.63, 3.8) is 0 Å². The summed E-state index contributed by atoms with van der Waals surface area (Å²) in [5.74, 6) is -1.11. The van der Waals surface area contributed by atoms with Gasteiger partial charge in [-0.2, -0.15) is 0 Å². The number of carbonyl (C=O) groups is 1. The summed E-state index contributed by atoms with van der Waals surface area (Å²) in [4.78, 5) is 26.1. The van der Waals surface area contributed by atoms with Crippen molar-refractivity contribution < 1.29 is 14.8 Å². The van der Waals surface area contributed by atoms with Gasteiger partial charge in [0, 0.05) is 12.3 Å². The Morgan fingerprint density at radius 1 is 1.35 bits per heavy atom. The van der Waals surface area contributed by atoms with Gasteiger partial charge < -0.3 is 5.11 Å². The Morgan fingerprint density at radius 2 is 2.10 bits per heavy atom. The van der Waals surface area contributed by atoms with Gasteiger partial charge in [-0.25, -0.2) is 9.78 Å². The van der Waals surface area contributed by atoms with Gasteiger partial charge in [-0.05, 0) is 24.6 Å². The van der Waals surface area contributed by atoms with Crippen LogP contribution in [0.1, 0.15) is 15.9 Å². The van der Waals surface area contributed by atoms with Crippen molar-refractivity contribution in [3.8, 4) is 0 Å². The van der Waals surface area contributed by atoms with E-state index in [0.717, 1.165) is 11.8 Å². The largest absolute Gasteiger partial charge is 0.478 e. The molecule has 1 aromatic carbocycles. The molecule has 1 heterocycles. The quantitative estimate of drug-likeness (QED) is 0.686. The molecule has 0 fully saturated rings. The van der Waals surface area contributed by atoms with Crippen LogP contribution in [0.3, 0.4) is 0 Å². The van der Waals surface area contributed by atoms with Gasteiger partial charge in [-0.15, -0.1) is 0 Å². The molecule has 1 N–H and O–H groups in total. The minimum atomic E-state index is -1.11. The van der Waals surface area contributed by atoms with Gasteiger partial charge in [0.05, 0.1) is 15.4 Å². The fourth-order valence-electron chi connectivity index (χ4n) is 1.65. The molecular weight excluding hydrogens is 280 g/mol. The molecule has 2 aromatic rings. The highest BCUT2D eigenvalue weighted by Crippen LogP contribution is 2.37. The summed E-state index contributed by atoms with van der Waals surface area (Å²) in [6, 6.07) is 7.65. The minimum Gasteiger partial charge on any atom is -0.478 e. The molecule has 0 amide bonds. The average Bonchev–Trinajstić information content (AvgIpc) is 2.41. The van der Waals surface area contributed by atoms with Gasteiger partial charge in [0.15, 0.2) is 0 Å². The van der Waals surface area contributed by atoms with Gasteiger partial charge in [0.25, 0.3) is 5.69 Å². The molecule has 20 heavy (non-hydrogen) atoms. The smallest absolute Gasteiger partial charge is 0.338 e. The second kappa shape index (κ2) is 5.70. The fourth-order valence-corrected chi connectivity index (χ4v) is 2.69.